The third kappa shape index (κ3) is 5.34. The van der Waals surface area contributed by atoms with Gasteiger partial charge < -0.3 is 14.5 Å². The summed E-state index contributed by atoms with van der Waals surface area (Å²) in [4.78, 5) is 24.1. The van der Waals surface area contributed by atoms with Gasteiger partial charge in [-0.1, -0.05) is 40.9 Å². The maximum absolute atomic E-state index is 12.1. The van der Waals surface area contributed by atoms with Crippen LogP contribution in [0.2, 0.25) is 10.0 Å². The molecule has 1 amide bonds. The van der Waals surface area contributed by atoms with Gasteiger partial charge in [-0.25, -0.2) is 0 Å². The number of ether oxygens (including phenoxy) is 1. The molecule has 0 aliphatic rings. The number of esters is 1. The standard InChI is InChI=1S/C20H17Cl2N3O4/c1-11-4-3-5-14(8-11)20-25-24-19(29-20)12(2)28-17(26)10-23-18(27)13-6-7-15(21)16(22)9-13/h3-9,12H,10H2,1-2H3,(H,23,27). The quantitative estimate of drug-likeness (QED) is 0.579. The molecule has 7 nitrogen and oxygen atoms in total. The van der Waals surface area contributed by atoms with Crippen molar-refractivity contribution in [1.29, 1.82) is 0 Å². The number of rotatable bonds is 6. The van der Waals surface area contributed by atoms with Crippen LogP contribution in [0.15, 0.2) is 46.9 Å². The van der Waals surface area contributed by atoms with E-state index in [0.29, 0.717) is 10.9 Å². The van der Waals surface area contributed by atoms with Crippen LogP contribution in [0.4, 0.5) is 0 Å². The van der Waals surface area contributed by atoms with Crippen LogP contribution in [0.1, 0.15) is 34.8 Å². The molecule has 1 N–H and O–H groups in total. The highest BCUT2D eigenvalue weighted by atomic mass is 35.5. The molecule has 1 heterocycles. The highest BCUT2D eigenvalue weighted by Gasteiger charge is 2.19. The number of aromatic nitrogens is 2. The second kappa shape index (κ2) is 9.07. The number of nitrogens with zero attached hydrogens (tertiary/aromatic N) is 2. The Bertz CT molecular complexity index is 1050. The molecule has 1 aromatic heterocycles. The first-order valence-electron chi connectivity index (χ1n) is 8.66. The van der Waals surface area contributed by atoms with Crippen LogP contribution in [0.5, 0.6) is 0 Å². The summed E-state index contributed by atoms with van der Waals surface area (Å²) in [6.45, 7) is 3.23. The van der Waals surface area contributed by atoms with Crippen molar-refractivity contribution in [3.8, 4) is 11.5 Å². The van der Waals surface area contributed by atoms with Crippen molar-refractivity contribution < 1.29 is 18.7 Å². The van der Waals surface area contributed by atoms with Crippen LogP contribution in [-0.4, -0.2) is 28.6 Å². The van der Waals surface area contributed by atoms with Crippen molar-refractivity contribution in [3.05, 3.63) is 69.5 Å². The third-order valence-corrected chi connectivity index (χ3v) is 4.68. The van der Waals surface area contributed by atoms with Crippen LogP contribution < -0.4 is 5.32 Å². The van der Waals surface area contributed by atoms with Gasteiger partial charge in [-0.3, -0.25) is 9.59 Å². The minimum Gasteiger partial charge on any atom is -0.451 e. The van der Waals surface area contributed by atoms with Gasteiger partial charge in [-0.05, 0) is 44.2 Å². The van der Waals surface area contributed by atoms with Crippen molar-refractivity contribution in [2.24, 2.45) is 0 Å². The lowest BCUT2D eigenvalue weighted by Gasteiger charge is -2.10. The van der Waals surface area contributed by atoms with Crippen LogP contribution in [-0.2, 0) is 9.53 Å². The molecule has 0 saturated carbocycles. The van der Waals surface area contributed by atoms with Crippen LogP contribution >= 0.6 is 23.2 Å². The van der Waals surface area contributed by atoms with Gasteiger partial charge in [0.1, 0.15) is 6.54 Å². The molecule has 0 saturated heterocycles. The molecule has 3 rings (SSSR count). The van der Waals surface area contributed by atoms with E-state index in [2.05, 4.69) is 15.5 Å². The molecule has 0 radical (unpaired) electrons. The lowest BCUT2D eigenvalue weighted by atomic mass is 10.1. The Morgan fingerprint density at radius 3 is 2.66 bits per heavy atom. The predicted octanol–water partition coefficient (Wildman–Crippen LogP) is 4.39. The van der Waals surface area contributed by atoms with Crippen molar-refractivity contribution >= 4 is 35.1 Å². The number of halogens is 2. The molecule has 29 heavy (non-hydrogen) atoms. The second-order valence-corrected chi connectivity index (χ2v) is 7.07. The van der Waals surface area contributed by atoms with Crippen molar-refractivity contribution in [2.75, 3.05) is 6.54 Å². The van der Waals surface area contributed by atoms with Crippen molar-refractivity contribution in [2.45, 2.75) is 20.0 Å². The molecule has 0 spiro atoms. The fourth-order valence-corrected chi connectivity index (χ4v) is 2.77. The second-order valence-electron chi connectivity index (χ2n) is 6.26. The minimum atomic E-state index is -0.768. The normalized spacial score (nSPS) is 11.7. The summed E-state index contributed by atoms with van der Waals surface area (Å²) in [6.07, 6.45) is -0.768. The fraction of sp³-hybridized carbons (Fsp3) is 0.200. The molecule has 3 aromatic rings. The Balaban J connectivity index is 1.55. The Hall–Kier alpha value is -2.90. The molecule has 0 bridgehead atoms. The number of benzene rings is 2. The van der Waals surface area contributed by atoms with Gasteiger partial charge in [0.05, 0.1) is 10.0 Å². The van der Waals surface area contributed by atoms with E-state index in [1.807, 2.05) is 31.2 Å². The zero-order valence-electron chi connectivity index (χ0n) is 15.6. The Morgan fingerprint density at radius 2 is 1.93 bits per heavy atom. The molecule has 0 aliphatic heterocycles. The number of carbonyl (C=O) groups excluding carboxylic acids is 2. The Morgan fingerprint density at radius 1 is 1.14 bits per heavy atom. The minimum absolute atomic E-state index is 0.158. The van der Waals surface area contributed by atoms with E-state index >= 15 is 0 Å². The molecule has 1 unspecified atom stereocenters. The Labute approximate surface area is 177 Å². The summed E-state index contributed by atoms with van der Waals surface area (Å²) >= 11 is 11.7. The van der Waals surface area contributed by atoms with E-state index in [4.69, 9.17) is 32.4 Å². The SMILES string of the molecule is Cc1cccc(-c2nnc(C(C)OC(=O)CNC(=O)c3ccc(Cl)c(Cl)c3)o2)c1. The maximum atomic E-state index is 12.1. The lowest BCUT2D eigenvalue weighted by Crippen LogP contribution is -2.31. The number of hydrogen-bond donors (Lipinski definition) is 1. The summed E-state index contributed by atoms with van der Waals surface area (Å²) in [5.41, 5.74) is 2.11. The number of amides is 1. The fourth-order valence-electron chi connectivity index (χ4n) is 2.47. The van der Waals surface area contributed by atoms with Gasteiger partial charge in [0.15, 0.2) is 6.10 Å². The zero-order valence-corrected chi connectivity index (χ0v) is 17.1. The smallest absolute Gasteiger partial charge is 0.326 e. The molecule has 0 fully saturated rings. The first-order valence-corrected chi connectivity index (χ1v) is 9.42. The van der Waals surface area contributed by atoms with E-state index in [1.165, 1.54) is 18.2 Å². The topological polar surface area (TPSA) is 94.3 Å². The summed E-state index contributed by atoms with van der Waals surface area (Å²) in [5.74, 6) is -0.640. The maximum Gasteiger partial charge on any atom is 0.326 e. The zero-order chi connectivity index (χ0) is 21.0. The van der Waals surface area contributed by atoms with E-state index in [0.717, 1.165) is 11.1 Å². The van der Waals surface area contributed by atoms with Gasteiger partial charge in [0.2, 0.25) is 5.89 Å². The third-order valence-electron chi connectivity index (χ3n) is 3.94. The van der Waals surface area contributed by atoms with Crippen molar-refractivity contribution in [3.63, 3.8) is 0 Å². The Kier molecular flexibility index (Phi) is 6.51. The first-order chi connectivity index (χ1) is 13.8. The van der Waals surface area contributed by atoms with Gasteiger partial charge in [-0.15, -0.1) is 10.2 Å². The van der Waals surface area contributed by atoms with Gasteiger partial charge in [0, 0.05) is 11.1 Å². The lowest BCUT2D eigenvalue weighted by molar-refractivity contribution is -0.148. The average Bonchev–Trinajstić information content (AvgIpc) is 3.19. The molecule has 1 atom stereocenters. The molecular weight excluding hydrogens is 417 g/mol. The van der Waals surface area contributed by atoms with E-state index in [-0.39, 0.29) is 23.0 Å². The van der Waals surface area contributed by atoms with E-state index < -0.39 is 18.0 Å². The summed E-state index contributed by atoms with van der Waals surface area (Å²) in [5, 5.41) is 11.0. The first kappa shape index (κ1) is 20.8. The van der Waals surface area contributed by atoms with E-state index in [1.54, 1.807) is 6.92 Å². The number of hydrogen-bond acceptors (Lipinski definition) is 6. The van der Waals surface area contributed by atoms with E-state index in [9.17, 15) is 9.59 Å². The van der Waals surface area contributed by atoms with Gasteiger partial charge in [-0.2, -0.15) is 0 Å². The molecule has 2 aromatic carbocycles. The van der Waals surface area contributed by atoms with Crippen LogP contribution in [0, 0.1) is 6.92 Å². The van der Waals surface area contributed by atoms with Crippen LogP contribution in [0.3, 0.4) is 0 Å². The summed E-state index contributed by atoms with van der Waals surface area (Å²) < 4.78 is 10.8. The summed E-state index contributed by atoms with van der Waals surface area (Å²) in [6, 6.07) is 12.0. The largest absolute Gasteiger partial charge is 0.451 e. The summed E-state index contributed by atoms with van der Waals surface area (Å²) in [7, 11) is 0. The number of aryl methyl sites for hydroxylation is 1. The van der Waals surface area contributed by atoms with Crippen LogP contribution in [0.25, 0.3) is 11.5 Å². The molecule has 9 heteroatoms. The van der Waals surface area contributed by atoms with Gasteiger partial charge in [0.25, 0.3) is 11.8 Å². The van der Waals surface area contributed by atoms with Gasteiger partial charge >= 0.3 is 5.97 Å². The molecular formula is C20H17Cl2N3O4. The molecule has 150 valence electrons. The number of nitrogens with one attached hydrogen (secondary N) is 1. The molecule has 0 aliphatic carbocycles. The number of carbonyl (C=O) groups is 2. The monoisotopic (exact) mass is 433 g/mol. The highest BCUT2D eigenvalue weighted by molar-refractivity contribution is 6.42. The predicted molar refractivity (Wildman–Crippen MR) is 108 cm³/mol. The highest BCUT2D eigenvalue weighted by Crippen LogP contribution is 2.24. The average molecular weight is 434 g/mol. The van der Waals surface area contributed by atoms with Crippen molar-refractivity contribution in [1.82, 2.24) is 15.5 Å².